The van der Waals surface area contributed by atoms with Gasteiger partial charge in [-0.3, -0.25) is 0 Å². The van der Waals surface area contributed by atoms with Gasteiger partial charge in [-0.15, -0.1) is 0 Å². The number of unbranched alkanes of at least 4 members (excludes halogenated alkanes) is 5. The van der Waals surface area contributed by atoms with Gasteiger partial charge >= 0.3 is 0 Å². The maximum atomic E-state index is 10.0. The van der Waals surface area contributed by atoms with Crippen LogP contribution in [-0.2, 0) is 19.3 Å². The van der Waals surface area contributed by atoms with Gasteiger partial charge in [-0.25, -0.2) is 0 Å². The van der Waals surface area contributed by atoms with Crippen molar-refractivity contribution in [1.29, 1.82) is 0 Å². The lowest BCUT2D eigenvalue weighted by atomic mass is 9.78. The van der Waals surface area contributed by atoms with Crippen molar-refractivity contribution in [3.63, 3.8) is 0 Å². The zero-order valence-corrected chi connectivity index (χ0v) is 14.4. The minimum Gasteiger partial charge on any atom is -0.376 e. The van der Waals surface area contributed by atoms with Crippen molar-refractivity contribution < 1.29 is 5.11 Å². The standard InChI is InChI=1S/C20H33NO/c1-3-4-5-6-7-8-9-16-10-11-18-15-19(20(2,21)22)13-12-17(18)14-16/h10-11,14,19,22H,3-9,12-13,15,21H2,1-2H3/t19-,20-/m0/s1. The van der Waals surface area contributed by atoms with Crippen LogP contribution in [0, 0.1) is 5.92 Å². The molecule has 0 aliphatic heterocycles. The smallest absolute Gasteiger partial charge is 0.113 e. The first-order valence-electron chi connectivity index (χ1n) is 9.12. The zero-order chi connectivity index (χ0) is 16.0. The summed E-state index contributed by atoms with van der Waals surface area (Å²) in [5, 5.41) is 10.0. The van der Waals surface area contributed by atoms with Crippen LogP contribution in [0.5, 0.6) is 0 Å². The van der Waals surface area contributed by atoms with Crippen LogP contribution >= 0.6 is 0 Å². The van der Waals surface area contributed by atoms with E-state index in [9.17, 15) is 5.11 Å². The number of rotatable bonds is 8. The van der Waals surface area contributed by atoms with Crippen LogP contribution in [-0.4, -0.2) is 10.8 Å². The minimum absolute atomic E-state index is 0.185. The normalized spacial score (nSPS) is 20.5. The van der Waals surface area contributed by atoms with E-state index in [1.54, 1.807) is 6.92 Å². The molecule has 2 atom stereocenters. The number of hydrogen-bond acceptors (Lipinski definition) is 2. The second-order valence-corrected chi connectivity index (χ2v) is 7.29. The first kappa shape index (κ1) is 17.5. The fourth-order valence-electron chi connectivity index (χ4n) is 3.57. The van der Waals surface area contributed by atoms with Crippen molar-refractivity contribution in [1.82, 2.24) is 0 Å². The number of aryl methyl sites for hydroxylation is 2. The Bertz CT molecular complexity index is 461. The van der Waals surface area contributed by atoms with Crippen LogP contribution in [0.2, 0.25) is 0 Å². The SMILES string of the molecule is CCCCCCCCc1ccc2c(c1)CC[C@H]([C@@](C)(N)O)C2. The molecule has 3 N–H and O–H groups in total. The molecule has 1 aromatic rings. The van der Waals surface area contributed by atoms with E-state index >= 15 is 0 Å². The van der Waals surface area contributed by atoms with Crippen LogP contribution in [0.3, 0.4) is 0 Å². The Balaban J connectivity index is 1.83. The maximum Gasteiger partial charge on any atom is 0.113 e. The Morgan fingerprint density at radius 1 is 1.14 bits per heavy atom. The third kappa shape index (κ3) is 5.10. The van der Waals surface area contributed by atoms with Gasteiger partial charge in [-0.1, -0.05) is 57.2 Å². The van der Waals surface area contributed by atoms with E-state index in [0.29, 0.717) is 0 Å². The first-order valence-corrected chi connectivity index (χ1v) is 9.12. The minimum atomic E-state index is -1.05. The Kier molecular flexibility index (Phi) is 6.46. The third-order valence-corrected chi connectivity index (χ3v) is 5.14. The highest BCUT2D eigenvalue weighted by Gasteiger charge is 2.30. The average Bonchev–Trinajstić information content (AvgIpc) is 2.49. The topological polar surface area (TPSA) is 46.2 Å². The third-order valence-electron chi connectivity index (χ3n) is 5.14. The molecular formula is C20H33NO. The predicted octanol–water partition coefficient (Wildman–Crippen LogP) is 4.36. The quantitative estimate of drug-likeness (QED) is 0.553. The molecule has 0 aromatic heterocycles. The van der Waals surface area contributed by atoms with Gasteiger partial charge in [0.15, 0.2) is 0 Å². The zero-order valence-electron chi connectivity index (χ0n) is 14.4. The van der Waals surface area contributed by atoms with E-state index < -0.39 is 5.72 Å². The van der Waals surface area contributed by atoms with E-state index in [0.717, 1.165) is 19.3 Å². The largest absolute Gasteiger partial charge is 0.376 e. The van der Waals surface area contributed by atoms with Crippen LogP contribution < -0.4 is 5.73 Å². The molecule has 1 aliphatic carbocycles. The molecule has 2 heteroatoms. The molecule has 1 aromatic carbocycles. The predicted molar refractivity (Wildman–Crippen MR) is 93.8 cm³/mol. The number of fused-ring (bicyclic) bond motifs is 1. The lowest BCUT2D eigenvalue weighted by Crippen LogP contribution is -2.46. The van der Waals surface area contributed by atoms with Gasteiger partial charge in [0.1, 0.15) is 5.72 Å². The van der Waals surface area contributed by atoms with Gasteiger partial charge in [-0.2, -0.15) is 0 Å². The van der Waals surface area contributed by atoms with Crippen molar-refractivity contribution in [3.8, 4) is 0 Å². The van der Waals surface area contributed by atoms with Crippen LogP contribution in [0.4, 0.5) is 0 Å². The van der Waals surface area contributed by atoms with Gasteiger partial charge in [0.2, 0.25) is 0 Å². The maximum absolute atomic E-state index is 10.0. The number of benzene rings is 1. The summed E-state index contributed by atoms with van der Waals surface area (Å²) in [6.45, 7) is 4.00. The fourth-order valence-corrected chi connectivity index (χ4v) is 3.57. The van der Waals surface area contributed by atoms with Gasteiger partial charge in [0, 0.05) is 5.92 Å². The van der Waals surface area contributed by atoms with Gasteiger partial charge in [0.25, 0.3) is 0 Å². The Labute approximate surface area is 136 Å². The Hall–Kier alpha value is -0.860. The molecule has 0 amide bonds. The molecule has 0 unspecified atom stereocenters. The lowest BCUT2D eigenvalue weighted by molar-refractivity contribution is -0.000905. The summed E-state index contributed by atoms with van der Waals surface area (Å²) in [6, 6.07) is 6.93. The summed E-state index contributed by atoms with van der Waals surface area (Å²) in [5.41, 5.74) is 9.16. The number of hydrogen-bond donors (Lipinski definition) is 2. The van der Waals surface area contributed by atoms with Crippen LogP contribution in [0.15, 0.2) is 18.2 Å². The summed E-state index contributed by atoms with van der Waals surface area (Å²) in [5.74, 6) is 0.185. The Morgan fingerprint density at radius 2 is 1.86 bits per heavy atom. The summed E-state index contributed by atoms with van der Waals surface area (Å²) >= 11 is 0. The highest BCUT2D eigenvalue weighted by atomic mass is 16.3. The monoisotopic (exact) mass is 303 g/mol. The van der Waals surface area contributed by atoms with Crippen molar-refractivity contribution in [2.45, 2.75) is 83.8 Å². The molecule has 22 heavy (non-hydrogen) atoms. The van der Waals surface area contributed by atoms with E-state index in [1.165, 1.54) is 61.6 Å². The molecule has 2 rings (SSSR count). The first-order chi connectivity index (χ1) is 10.5. The molecule has 124 valence electrons. The molecule has 2 nitrogen and oxygen atoms in total. The molecule has 0 saturated carbocycles. The molecule has 1 aliphatic rings. The van der Waals surface area contributed by atoms with Crippen molar-refractivity contribution in [2.75, 3.05) is 0 Å². The molecular weight excluding hydrogens is 270 g/mol. The van der Waals surface area contributed by atoms with Crippen LogP contribution in [0.25, 0.3) is 0 Å². The number of aliphatic hydroxyl groups is 1. The second kappa shape index (κ2) is 8.12. The molecule has 0 radical (unpaired) electrons. The Morgan fingerprint density at radius 3 is 2.59 bits per heavy atom. The molecule has 0 spiro atoms. The summed E-state index contributed by atoms with van der Waals surface area (Å²) in [4.78, 5) is 0. The number of nitrogens with two attached hydrogens (primary N) is 1. The van der Waals surface area contributed by atoms with E-state index in [4.69, 9.17) is 5.73 Å². The lowest BCUT2D eigenvalue weighted by Gasteiger charge is -2.33. The van der Waals surface area contributed by atoms with E-state index in [2.05, 4.69) is 25.1 Å². The summed E-state index contributed by atoms with van der Waals surface area (Å²) in [6.07, 6.45) is 12.3. The highest BCUT2D eigenvalue weighted by molar-refractivity contribution is 5.34. The fraction of sp³-hybridized carbons (Fsp3) is 0.700. The van der Waals surface area contributed by atoms with Crippen molar-refractivity contribution in [2.24, 2.45) is 11.7 Å². The average molecular weight is 303 g/mol. The summed E-state index contributed by atoms with van der Waals surface area (Å²) < 4.78 is 0. The van der Waals surface area contributed by atoms with Gasteiger partial charge in [0.05, 0.1) is 0 Å². The van der Waals surface area contributed by atoms with Gasteiger partial charge in [-0.05, 0) is 55.7 Å². The molecule has 0 bridgehead atoms. The van der Waals surface area contributed by atoms with E-state index in [1.807, 2.05) is 0 Å². The summed E-state index contributed by atoms with van der Waals surface area (Å²) in [7, 11) is 0. The molecule has 0 heterocycles. The van der Waals surface area contributed by atoms with E-state index in [-0.39, 0.29) is 5.92 Å². The van der Waals surface area contributed by atoms with Gasteiger partial charge < -0.3 is 10.8 Å². The second-order valence-electron chi connectivity index (χ2n) is 7.29. The highest BCUT2D eigenvalue weighted by Crippen LogP contribution is 2.31. The van der Waals surface area contributed by atoms with Crippen molar-refractivity contribution >= 4 is 0 Å². The molecule has 0 fully saturated rings. The van der Waals surface area contributed by atoms with Crippen LogP contribution in [0.1, 0.15) is 75.5 Å². The van der Waals surface area contributed by atoms with Crippen molar-refractivity contribution in [3.05, 3.63) is 34.9 Å². The molecule has 0 saturated heterocycles.